The third kappa shape index (κ3) is 6.19. The number of hydrogen-bond donors (Lipinski definition) is 2. The van der Waals surface area contributed by atoms with Gasteiger partial charge in [0.25, 0.3) is 0 Å². The van der Waals surface area contributed by atoms with Gasteiger partial charge in [-0.3, -0.25) is 4.99 Å². The molecular formula is C18H28N6O. The van der Waals surface area contributed by atoms with Crippen molar-refractivity contribution in [2.45, 2.75) is 27.0 Å². The minimum absolute atomic E-state index is 0.374. The molecule has 25 heavy (non-hydrogen) atoms. The maximum atomic E-state index is 5.77. The molecule has 2 aromatic rings. The van der Waals surface area contributed by atoms with Crippen LogP contribution in [0.2, 0.25) is 0 Å². The molecule has 0 aliphatic rings. The van der Waals surface area contributed by atoms with Gasteiger partial charge in [0.05, 0.1) is 19.8 Å². The highest BCUT2D eigenvalue weighted by Crippen LogP contribution is 2.03. The molecule has 1 heterocycles. The molecule has 0 amide bonds. The van der Waals surface area contributed by atoms with Gasteiger partial charge in [-0.05, 0) is 18.4 Å². The third-order valence-electron chi connectivity index (χ3n) is 3.95. The minimum Gasteiger partial charge on any atom is -0.376 e. The van der Waals surface area contributed by atoms with E-state index in [1.807, 2.05) is 36.7 Å². The Bertz CT molecular complexity index is 667. The summed E-state index contributed by atoms with van der Waals surface area (Å²) in [5.74, 6) is 2.89. The third-order valence-corrected chi connectivity index (χ3v) is 3.95. The Labute approximate surface area is 149 Å². The maximum absolute atomic E-state index is 5.77. The number of guanidine groups is 1. The monoisotopic (exact) mass is 344 g/mol. The molecule has 2 rings (SSSR count). The van der Waals surface area contributed by atoms with Gasteiger partial charge < -0.3 is 19.9 Å². The van der Waals surface area contributed by atoms with E-state index in [4.69, 9.17) is 4.74 Å². The molecule has 7 heteroatoms. The smallest absolute Gasteiger partial charge is 0.191 e. The average Bonchev–Trinajstić information content (AvgIpc) is 2.95. The number of aromatic nitrogens is 3. The van der Waals surface area contributed by atoms with E-state index in [1.54, 1.807) is 7.05 Å². The average molecular weight is 344 g/mol. The number of hydrogen-bond acceptors (Lipinski definition) is 4. The van der Waals surface area contributed by atoms with Crippen LogP contribution in [0.1, 0.15) is 24.1 Å². The van der Waals surface area contributed by atoms with Crippen LogP contribution in [0.4, 0.5) is 0 Å². The fourth-order valence-corrected chi connectivity index (χ4v) is 2.27. The molecule has 1 unspecified atom stereocenters. The summed E-state index contributed by atoms with van der Waals surface area (Å²) in [6, 6.07) is 10.2. The zero-order chi connectivity index (χ0) is 18.1. The number of ether oxygens (including phenoxy) is 1. The highest BCUT2D eigenvalue weighted by Gasteiger charge is 2.07. The summed E-state index contributed by atoms with van der Waals surface area (Å²) in [6.45, 7) is 6.78. The summed E-state index contributed by atoms with van der Waals surface area (Å²) in [4.78, 5) is 4.24. The maximum Gasteiger partial charge on any atom is 0.191 e. The number of nitrogens with zero attached hydrogens (tertiary/aromatic N) is 4. The van der Waals surface area contributed by atoms with Gasteiger partial charge in [0, 0.05) is 20.6 Å². The fraction of sp³-hybridized carbons (Fsp3) is 0.500. The van der Waals surface area contributed by atoms with E-state index in [1.165, 1.54) is 5.56 Å². The van der Waals surface area contributed by atoms with Crippen LogP contribution in [0.15, 0.2) is 35.3 Å². The van der Waals surface area contributed by atoms with Crippen LogP contribution in [-0.4, -0.2) is 40.9 Å². The quantitative estimate of drug-likeness (QED) is 0.562. The van der Waals surface area contributed by atoms with E-state index in [-0.39, 0.29) is 0 Å². The van der Waals surface area contributed by atoms with Crippen molar-refractivity contribution >= 4 is 5.96 Å². The van der Waals surface area contributed by atoms with Crippen molar-refractivity contribution in [1.29, 1.82) is 0 Å². The molecule has 0 bridgehead atoms. The van der Waals surface area contributed by atoms with Gasteiger partial charge in [0.15, 0.2) is 11.8 Å². The lowest BCUT2D eigenvalue weighted by Gasteiger charge is -2.16. The first kappa shape index (κ1) is 18.9. The largest absolute Gasteiger partial charge is 0.376 e. The molecule has 0 saturated carbocycles. The van der Waals surface area contributed by atoms with Gasteiger partial charge in [-0.1, -0.05) is 37.3 Å². The van der Waals surface area contributed by atoms with Crippen molar-refractivity contribution in [1.82, 2.24) is 25.4 Å². The number of aryl methyl sites for hydroxylation is 1. The highest BCUT2D eigenvalue weighted by molar-refractivity contribution is 5.79. The van der Waals surface area contributed by atoms with E-state index < -0.39 is 0 Å². The topological polar surface area (TPSA) is 76.4 Å². The fourth-order valence-electron chi connectivity index (χ4n) is 2.27. The Morgan fingerprint density at radius 3 is 2.64 bits per heavy atom. The number of benzene rings is 1. The summed E-state index contributed by atoms with van der Waals surface area (Å²) >= 11 is 0. The predicted molar refractivity (Wildman–Crippen MR) is 99.2 cm³/mol. The van der Waals surface area contributed by atoms with Gasteiger partial charge in [0.2, 0.25) is 0 Å². The molecule has 0 saturated heterocycles. The Hall–Kier alpha value is -2.41. The van der Waals surface area contributed by atoms with E-state index in [2.05, 4.69) is 44.9 Å². The van der Waals surface area contributed by atoms with Crippen molar-refractivity contribution in [3.05, 3.63) is 47.5 Å². The Morgan fingerprint density at radius 1 is 1.24 bits per heavy atom. The number of rotatable bonds is 8. The van der Waals surface area contributed by atoms with Gasteiger partial charge in [-0.2, -0.15) is 0 Å². The van der Waals surface area contributed by atoms with E-state index in [9.17, 15) is 0 Å². The summed E-state index contributed by atoms with van der Waals surface area (Å²) < 4.78 is 7.73. The van der Waals surface area contributed by atoms with Crippen molar-refractivity contribution in [3.63, 3.8) is 0 Å². The van der Waals surface area contributed by atoms with E-state index >= 15 is 0 Å². The molecule has 0 aliphatic heterocycles. The lowest BCUT2D eigenvalue weighted by atomic mass is 10.2. The Balaban J connectivity index is 1.66. The van der Waals surface area contributed by atoms with Crippen molar-refractivity contribution in [3.8, 4) is 0 Å². The lowest BCUT2D eigenvalue weighted by molar-refractivity contribution is 0.0931. The number of aliphatic imine (C=N–C) groups is 1. The van der Waals surface area contributed by atoms with Gasteiger partial charge in [-0.25, -0.2) is 0 Å². The predicted octanol–water partition coefficient (Wildman–Crippen LogP) is 1.64. The second-order valence-corrected chi connectivity index (χ2v) is 6.14. The van der Waals surface area contributed by atoms with Crippen molar-refractivity contribution in [2.24, 2.45) is 18.0 Å². The molecule has 7 nitrogen and oxygen atoms in total. The zero-order valence-corrected chi connectivity index (χ0v) is 15.5. The van der Waals surface area contributed by atoms with Gasteiger partial charge >= 0.3 is 0 Å². The molecule has 1 atom stereocenters. The van der Waals surface area contributed by atoms with Gasteiger partial charge in [-0.15, -0.1) is 10.2 Å². The molecule has 1 aromatic carbocycles. The molecule has 0 spiro atoms. The Morgan fingerprint density at radius 2 is 2.00 bits per heavy atom. The van der Waals surface area contributed by atoms with Gasteiger partial charge in [0.1, 0.15) is 5.82 Å². The van der Waals surface area contributed by atoms with Crippen LogP contribution in [0.25, 0.3) is 0 Å². The summed E-state index contributed by atoms with van der Waals surface area (Å²) in [6.07, 6.45) is 0. The SMILES string of the molecule is CN=C(NCc1nnc(C)n1C)NCC(C)COCc1ccccc1. The second kappa shape index (κ2) is 9.78. The summed E-state index contributed by atoms with van der Waals surface area (Å²) in [5.41, 5.74) is 1.19. The molecule has 0 aliphatic carbocycles. The molecule has 0 fully saturated rings. The molecule has 2 N–H and O–H groups in total. The molecule has 136 valence electrons. The molecule has 0 radical (unpaired) electrons. The summed E-state index contributed by atoms with van der Waals surface area (Å²) in [7, 11) is 3.71. The van der Waals surface area contributed by atoms with Crippen LogP contribution in [0.3, 0.4) is 0 Å². The van der Waals surface area contributed by atoms with Crippen molar-refractivity contribution in [2.75, 3.05) is 20.2 Å². The van der Waals surface area contributed by atoms with E-state index in [0.717, 1.165) is 24.2 Å². The number of nitrogens with one attached hydrogen (secondary N) is 2. The van der Waals surface area contributed by atoms with Crippen molar-refractivity contribution < 1.29 is 4.74 Å². The minimum atomic E-state index is 0.374. The molecular weight excluding hydrogens is 316 g/mol. The first-order chi connectivity index (χ1) is 12.1. The van der Waals surface area contributed by atoms with E-state index in [0.29, 0.717) is 25.7 Å². The summed E-state index contributed by atoms with van der Waals surface area (Å²) in [5, 5.41) is 14.8. The second-order valence-electron chi connectivity index (χ2n) is 6.14. The van der Waals surface area contributed by atoms with Crippen LogP contribution < -0.4 is 10.6 Å². The molecule has 1 aromatic heterocycles. The highest BCUT2D eigenvalue weighted by atomic mass is 16.5. The van der Waals surface area contributed by atoms with Crippen LogP contribution in [0, 0.1) is 12.8 Å². The Kier molecular flexibility index (Phi) is 7.40. The lowest BCUT2D eigenvalue weighted by Crippen LogP contribution is -2.40. The standard InChI is InChI=1S/C18H28N6O/c1-14(12-25-13-16-8-6-5-7-9-16)10-20-18(19-3)21-11-17-23-22-15(2)24(17)4/h5-9,14H,10-13H2,1-4H3,(H2,19,20,21). The first-order valence-corrected chi connectivity index (χ1v) is 8.51. The van der Waals surface area contributed by atoms with Crippen LogP contribution >= 0.6 is 0 Å². The normalized spacial score (nSPS) is 12.9. The van der Waals surface area contributed by atoms with Crippen LogP contribution in [-0.2, 0) is 24.9 Å². The van der Waals surface area contributed by atoms with Crippen LogP contribution in [0.5, 0.6) is 0 Å². The zero-order valence-electron chi connectivity index (χ0n) is 15.5. The first-order valence-electron chi connectivity index (χ1n) is 8.51.